The summed E-state index contributed by atoms with van der Waals surface area (Å²) < 4.78 is 18.0. The third-order valence-electron chi connectivity index (χ3n) is 1.59. The SMILES string of the molecule is NCc1nc2cccc(F)c2o1. The van der Waals surface area contributed by atoms with E-state index in [9.17, 15) is 4.39 Å². The van der Waals surface area contributed by atoms with Gasteiger partial charge in [0.25, 0.3) is 0 Å². The van der Waals surface area contributed by atoms with Crippen molar-refractivity contribution in [3.63, 3.8) is 0 Å². The molecule has 0 saturated heterocycles. The van der Waals surface area contributed by atoms with Gasteiger partial charge in [-0.1, -0.05) is 6.07 Å². The Labute approximate surface area is 68.0 Å². The van der Waals surface area contributed by atoms with Gasteiger partial charge in [0, 0.05) is 0 Å². The van der Waals surface area contributed by atoms with Crippen LogP contribution in [0.25, 0.3) is 11.1 Å². The molecule has 0 bridgehead atoms. The van der Waals surface area contributed by atoms with Gasteiger partial charge >= 0.3 is 0 Å². The van der Waals surface area contributed by atoms with Crippen molar-refractivity contribution in [2.24, 2.45) is 5.73 Å². The van der Waals surface area contributed by atoms with Gasteiger partial charge in [-0.05, 0) is 12.1 Å². The summed E-state index contributed by atoms with van der Waals surface area (Å²) in [6.45, 7) is 0.189. The van der Waals surface area contributed by atoms with E-state index in [4.69, 9.17) is 10.2 Å². The zero-order valence-corrected chi connectivity index (χ0v) is 6.25. The Morgan fingerprint density at radius 1 is 1.50 bits per heavy atom. The highest BCUT2D eigenvalue weighted by atomic mass is 19.1. The third-order valence-corrected chi connectivity index (χ3v) is 1.59. The van der Waals surface area contributed by atoms with Gasteiger partial charge in [-0.2, -0.15) is 0 Å². The third kappa shape index (κ3) is 0.967. The van der Waals surface area contributed by atoms with Crippen LogP contribution in [0.2, 0.25) is 0 Å². The van der Waals surface area contributed by atoms with Crippen LogP contribution in [0.4, 0.5) is 4.39 Å². The number of para-hydroxylation sites is 1. The van der Waals surface area contributed by atoms with Crippen molar-refractivity contribution < 1.29 is 8.81 Å². The minimum atomic E-state index is -0.403. The highest BCUT2D eigenvalue weighted by Crippen LogP contribution is 2.17. The first-order valence-corrected chi connectivity index (χ1v) is 3.55. The fraction of sp³-hybridized carbons (Fsp3) is 0.125. The lowest BCUT2D eigenvalue weighted by molar-refractivity contribution is 0.508. The second-order valence-corrected chi connectivity index (χ2v) is 2.40. The molecule has 0 amide bonds. The Hall–Kier alpha value is -1.42. The average molecular weight is 166 g/mol. The normalized spacial score (nSPS) is 10.8. The summed E-state index contributed by atoms with van der Waals surface area (Å²) in [5.74, 6) is -0.0465. The molecule has 0 radical (unpaired) electrons. The quantitative estimate of drug-likeness (QED) is 0.697. The molecule has 0 saturated carbocycles. The fourth-order valence-electron chi connectivity index (χ4n) is 1.05. The number of fused-ring (bicyclic) bond motifs is 1. The van der Waals surface area contributed by atoms with E-state index in [1.807, 2.05) is 0 Å². The average Bonchev–Trinajstić information content (AvgIpc) is 2.49. The Balaban J connectivity index is 2.74. The van der Waals surface area contributed by atoms with Crippen LogP contribution in [0.3, 0.4) is 0 Å². The van der Waals surface area contributed by atoms with Crippen LogP contribution in [0, 0.1) is 5.82 Å². The number of hydrogen-bond donors (Lipinski definition) is 1. The molecule has 0 unspecified atom stereocenters. The molecule has 62 valence electrons. The number of nitrogens with two attached hydrogens (primary N) is 1. The summed E-state index contributed by atoms with van der Waals surface area (Å²) in [6.07, 6.45) is 0. The lowest BCUT2D eigenvalue weighted by atomic mass is 10.3. The van der Waals surface area contributed by atoms with Crippen LogP contribution in [0.1, 0.15) is 5.89 Å². The molecule has 12 heavy (non-hydrogen) atoms. The van der Waals surface area contributed by atoms with Crippen molar-refractivity contribution in [1.82, 2.24) is 4.98 Å². The molecule has 2 rings (SSSR count). The highest BCUT2D eigenvalue weighted by molar-refractivity contribution is 5.72. The Morgan fingerprint density at radius 2 is 2.33 bits per heavy atom. The molecular weight excluding hydrogens is 159 g/mol. The van der Waals surface area contributed by atoms with E-state index >= 15 is 0 Å². The molecule has 0 spiro atoms. The van der Waals surface area contributed by atoms with Gasteiger partial charge in [0.2, 0.25) is 5.89 Å². The molecule has 1 aromatic carbocycles. The highest BCUT2D eigenvalue weighted by Gasteiger charge is 2.07. The van der Waals surface area contributed by atoms with Gasteiger partial charge in [0.15, 0.2) is 11.4 Å². The Morgan fingerprint density at radius 3 is 3.00 bits per heavy atom. The fourth-order valence-corrected chi connectivity index (χ4v) is 1.05. The molecule has 1 heterocycles. The molecule has 2 N–H and O–H groups in total. The number of rotatable bonds is 1. The molecule has 3 nitrogen and oxygen atoms in total. The minimum absolute atomic E-state index is 0.179. The lowest BCUT2D eigenvalue weighted by Gasteiger charge is -1.86. The van der Waals surface area contributed by atoms with Crippen LogP contribution in [0.5, 0.6) is 0 Å². The Bertz CT molecular complexity index is 410. The van der Waals surface area contributed by atoms with Gasteiger partial charge in [0.1, 0.15) is 5.52 Å². The molecule has 4 heteroatoms. The number of halogens is 1. The van der Waals surface area contributed by atoms with Crippen molar-refractivity contribution in [1.29, 1.82) is 0 Å². The molecular formula is C8H7FN2O. The van der Waals surface area contributed by atoms with Crippen LogP contribution in [-0.2, 0) is 6.54 Å². The molecule has 2 aromatic rings. The number of nitrogens with zero attached hydrogens (tertiary/aromatic N) is 1. The summed E-state index contributed by atoms with van der Waals surface area (Å²) in [4.78, 5) is 3.96. The van der Waals surface area contributed by atoms with Crippen molar-refractivity contribution >= 4 is 11.1 Å². The first-order chi connectivity index (χ1) is 5.81. The van der Waals surface area contributed by atoms with Gasteiger partial charge in [-0.15, -0.1) is 0 Å². The van der Waals surface area contributed by atoms with Gasteiger partial charge in [-0.25, -0.2) is 9.37 Å². The monoisotopic (exact) mass is 166 g/mol. The minimum Gasteiger partial charge on any atom is -0.436 e. The summed E-state index contributed by atoms with van der Waals surface area (Å²) >= 11 is 0. The standard InChI is InChI=1S/C8H7FN2O/c9-5-2-1-3-6-8(5)12-7(4-10)11-6/h1-3H,4,10H2. The molecule has 0 fully saturated rings. The first kappa shape index (κ1) is 7.24. The van der Waals surface area contributed by atoms with E-state index in [-0.39, 0.29) is 12.1 Å². The van der Waals surface area contributed by atoms with Crippen LogP contribution < -0.4 is 5.73 Å². The van der Waals surface area contributed by atoms with Crippen molar-refractivity contribution in [2.75, 3.05) is 0 Å². The molecule has 0 aliphatic heterocycles. The zero-order valence-electron chi connectivity index (χ0n) is 6.25. The summed E-state index contributed by atoms with van der Waals surface area (Å²) in [6, 6.07) is 4.59. The maximum Gasteiger partial charge on any atom is 0.209 e. The van der Waals surface area contributed by atoms with E-state index in [0.717, 1.165) is 0 Å². The summed E-state index contributed by atoms with van der Waals surface area (Å²) in [5, 5.41) is 0. The molecule has 0 aliphatic carbocycles. The smallest absolute Gasteiger partial charge is 0.209 e. The maximum absolute atomic E-state index is 13.0. The van der Waals surface area contributed by atoms with Gasteiger partial charge in [0.05, 0.1) is 6.54 Å². The van der Waals surface area contributed by atoms with Gasteiger partial charge in [-0.3, -0.25) is 0 Å². The van der Waals surface area contributed by atoms with Crippen LogP contribution in [0.15, 0.2) is 22.6 Å². The molecule has 1 aromatic heterocycles. The summed E-state index contributed by atoms with van der Waals surface area (Å²) in [5.41, 5.74) is 5.97. The van der Waals surface area contributed by atoms with E-state index in [0.29, 0.717) is 11.4 Å². The van der Waals surface area contributed by atoms with Crippen molar-refractivity contribution in [2.45, 2.75) is 6.54 Å². The van der Waals surface area contributed by atoms with Crippen molar-refractivity contribution in [3.8, 4) is 0 Å². The molecule has 0 aliphatic rings. The number of aromatic nitrogens is 1. The van der Waals surface area contributed by atoms with Gasteiger partial charge < -0.3 is 10.2 Å². The number of benzene rings is 1. The number of hydrogen-bond acceptors (Lipinski definition) is 3. The predicted octanol–water partition coefficient (Wildman–Crippen LogP) is 1.43. The second kappa shape index (κ2) is 2.57. The van der Waals surface area contributed by atoms with E-state index in [2.05, 4.69) is 4.98 Å². The second-order valence-electron chi connectivity index (χ2n) is 2.40. The number of oxazole rings is 1. The lowest BCUT2D eigenvalue weighted by Crippen LogP contribution is -1.94. The summed E-state index contributed by atoms with van der Waals surface area (Å²) in [7, 11) is 0. The zero-order chi connectivity index (χ0) is 8.55. The Kier molecular flexibility index (Phi) is 1.55. The maximum atomic E-state index is 13.0. The van der Waals surface area contributed by atoms with E-state index in [1.54, 1.807) is 12.1 Å². The van der Waals surface area contributed by atoms with Crippen LogP contribution >= 0.6 is 0 Å². The first-order valence-electron chi connectivity index (χ1n) is 3.55. The van der Waals surface area contributed by atoms with Crippen LogP contribution in [-0.4, -0.2) is 4.98 Å². The predicted molar refractivity (Wildman–Crippen MR) is 41.9 cm³/mol. The van der Waals surface area contributed by atoms with E-state index < -0.39 is 5.82 Å². The van der Waals surface area contributed by atoms with E-state index in [1.165, 1.54) is 6.07 Å². The van der Waals surface area contributed by atoms with Crippen molar-refractivity contribution in [3.05, 3.63) is 29.9 Å². The topological polar surface area (TPSA) is 52.0 Å². The largest absolute Gasteiger partial charge is 0.436 e. The molecule has 0 atom stereocenters.